The SMILES string of the molecule is Nc1ccccc1NC(=O)/C=C1\CCOc2c1ccc(C(F)F)c2OC(F)F. The number of amides is 1. The first-order valence-corrected chi connectivity index (χ1v) is 8.26. The molecular formula is C19H16F4N2O3. The molecule has 0 unspecified atom stereocenters. The fourth-order valence-corrected chi connectivity index (χ4v) is 2.84. The van der Waals surface area contributed by atoms with Crippen LogP contribution in [-0.4, -0.2) is 19.1 Å². The van der Waals surface area contributed by atoms with E-state index in [4.69, 9.17) is 10.5 Å². The van der Waals surface area contributed by atoms with Crippen molar-refractivity contribution in [2.75, 3.05) is 17.7 Å². The van der Waals surface area contributed by atoms with E-state index in [1.54, 1.807) is 24.3 Å². The molecule has 28 heavy (non-hydrogen) atoms. The number of hydrogen-bond donors (Lipinski definition) is 2. The van der Waals surface area contributed by atoms with Crippen molar-refractivity contribution in [2.24, 2.45) is 0 Å². The van der Waals surface area contributed by atoms with Crippen molar-refractivity contribution in [2.45, 2.75) is 19.5 Å². The van der Waals surface area contributed by atoms with E-state index in [0.29, 0.717) is 16.9 Å². The van der Waals surface area contributed by atoms with E-state index in [9.17, 15) is 22.4 Å². The van der Waals surface area contributed by atoms with Gasteiger partial charge in [-0.2, -0.15) is 8.78 Å². The van der Waals surface area contributed by atoms with Crippen molar-refractivity contribution in [3.63, 3.8) is 0 Å². The fraction of sp³-hybridized carbons (Fsp3) is 0.211. The molecule has 1 amide bonds. The number of nitrogens with two attached hydrogens (primary N) is 1. The molecule has 148 valence electrons. The summed E-state index contributed by atoms with van der Waals surface area (Å²) < 4.78 is 61.3. The standard InChI is InChI=1S/C19H16F4N2O3/c20-18(21)12-6-5-11-10(7-8-27-16(11)17(12)28-19(22)23)9-15(26)25-14-4-2-1-3-13(14)24/h1-6,9,18-19H,7-8,24H2,(H,25,26)/b10-9+. The van der Waals surface area contributed by atoms with Crippen molar-refractivity contribution in [3.8, 4) is 11.5 Å². The third-order valence-electron chi connectivity index (χ3n) is 4.07. The summed E-state index contributed by atoms with van der Waals surface area (Å²) in [5, 5.41) is 2.61. The molecule has 0 saturated heterocycles. The monoisotopic (exact) mass is 396 g/mol. The second kappa shape index (κ2) is 8.20. The molecule has 0 fully saturated rings. The maximum absolute atomic E-state index is 13.2. The second-order valence-corrected chi connectivity index (χ2v) is 5.88. The van der Waals surface area contributed by atoms with Gasteiger partial charge < -0.3 is 20.5 Å². The summed E-state index contributed by atoms with van der Waals surface area (Å²) in [6.45, 7) is -3.28. The minimum atomic E-state index is -3.30. The van der Waals surface area contributed by atoms with E-state index in [-0.39, 0.29) is 24.3 Å². The van der Waals surface area contributed by atoms with Gasteiger partial charge in [-0.3, -0.25) is 4.79 Å². The van der Waals surface area contributed by atoms with Gasteiger partial charge in [-0.25, -0.2) is 8.78 Å². The zero-order valence-corrected chi connectivity index (χ0v) is 14.4. The molecule has 0 aromatic heterocycles. The number of hydrogen-bond acceptors (Lipinski definition) is 4. The van der Waals surface area contributed by atoms with Crippen LogP contribution in [0.1, 0.15) is 24.0 Å². The first kappa shape index (κ1) is 19.5. The molecule has 1 aliphatic rings. The fourth-order valence-electron chi connectivity index (χ4n) is 2.84. The topological polar surface area (TPSA) is 73.6 Å². The summed E-state index contributed by atoms with van der Waals surface area (Å²) >= 11 is 0. The van der Waals surface area contributed by atoms with Gasteiger partial charge in [0.05, 0.1) is 23.5 Å². The molecule has 0 spiro atoms. The largest absolute Gasteiger partial charge is 0.489 e. The highest BCUT2D eigenvalue weighted by atomic mass is 19.3. The van der Waals surface area contributed by atoms with E-state index in [2.05, 4.69) is 10.1 Å². The molecule has 0 aliphatic carbocycles. The first-order valence-electron chi connectivity index (χ1n) is 8.26. The van der Waals surface area contributed by atoms with Crippen LogP contribution in [0.5, 0.6) is 11.5 Å². The van der Waals surface area contributed by atoms with E-state index < -0.39 is 30.3 Å². The molecule has 0 atom stereocenters. The number of benzene rings is 2. The van der Waals surface area contributed by atoms with Crippen molar-refractivity contribution in [1.29, 1.82) is 0 Å². The lowest BCUT2D eigenvalue weighted by Gasteiger charge is -2.24. The third kappa shape index (κ3) is 4.19. The third-order valence-corrected chi connectivity index (χ3v) is 4.07. The molecule has 0 radical (unpaired) electrons. The van der Waals surface area contributed by atoms with Crippen molar-refractivity contribution >= 4 is 22.9 Å². The van der Waals surface area contributed by atoms with Gasteiger partial charge in [-0.1, -0.05) is 18.2 Å². The Labute approximate surface area is 157 Å². The Kier molecular flexibility index (Phi) is 5.72. The summed E-state index contributed by atoms with van der Waals surface area (Å²) in [5.41, 5.74) is 6.53. The highest BCUT2D eigenvalue weighted by Gasteiger charge is 2.28. The number of halogens is 4. The number of para-hydroxylation sites is 2. The van der Waals surface area contributed by atoms with Gasteiger partial charge in [0.15, 0.2) is 11.5 Å². The number of nitrogen functional groups attached to an aromatic ring is 1. The molecule has 0 saturated carbocycles. The molecule has 2 aromatic carbocycles. The van der Waals surface area contributed by atoms with Crippen LogP contribution >= 0.6 is 0 Å². The molecule has 3 rings (SSSR count). The Morgan fingerprint density at radius 2 is 1.93 bits per heavy atom. The lowest BCUT2D eigenvalue weighted by Crippen LogP contribution is -2.15. The number of nitrogens with one attached hydrogen (secondary N) is 1. The predicted octanol–water partition coefficient (Wildman–Crippen LogP) is 4.61. The quantitative estimate of drug-likeness (QED) is 0.440. The molecule has 1 aliphatic heterocycles. The Morgan fingerprint density at radius 1 is 1.18 bits per heavy atom. The number of fused-ring (bicyclic) bond motifs is 1. The summed E-state index contributed by atoms with van der Waals surface area (Å²) in [7, 11) is 0. The van der Waals surface area contributed by atoms with Gasteiger partial charge in [0.2, 0.25) is 5.91 Å². The Balaban J connectivity index is 1.95. The van der Waals surface area contributed by atoms with Gasteiger partial charge in [-0.15, -0.1) is 0 Å². The maximum atomic E-state index is 13.2. The van der Waals surface area contributed by atoms with Crippen molar-refractivity contribution in [3.05, 3.63) is 53.6 Å². The number of anilines is 2. The lowest BCUT2D eigenvalue weighted by atomic mass is 9.96. The molecule has 1 heterocycles. The minimum absolute atomic E-state index is 0.0197. The smallest absolute Gasteiger partial charge is 0.387 e. The average molecular weight is 396 g/mol. The van der Waals surface area contributed by atoms with Gasteiger partial charge in [0.25, 0.3) is 6.43 Å². The van der Waals surface area contributed by atoms with Crippen LogP contribution in [0.4, 0.5) is 28.9 Å². The molecule has 3 N–H and O–H groups in total. The second-order valence-electron chi connectivity index (χ2n) is 5.88. The molecular weight excluding hydrogens is 380 g/mol. The lowest BCUT2D eigenvalue weighted by molar-refractivity contribution is -0.111. The van der Waals surface area contributed by atoms with E-state index in [1.807, 2.05) is 0 Å². The highest BCUT2D eigenvalue weighted by molar-refractivity contribution is 6.06. The number of carbonyl (C=O) groups is 1. The van der Waals surface area contributed by atoms with Crippen LogP contribution in [0.15, 0.2) is 42.5 Å². The van der Waals surface area contributed by atoms with Gasteiger partial charge in [0.1, 0.15) is 0 Å². The van der Waals surface area contributed by atoms with Crippen LogP contribution in [-0.2, 0) is 4.79 Å². The van der Waals surface area contributed by atoms with Crippen LogP contribution in [0.3, 0.4) is 0 Å². The van der Waals surface area contributed by atoms with Gasteiger partial charge in [0, 0.05) is 18.1 Å². The normalized spacial score (nSPS) is 14.7. The van der Waals surface area contributed by atoms with Crippen molar-refractivity contribution < 1.29 is 31.8 Å². The zero-order chi connectivity index (χ0) is 20.3. The first-order chi connectivity index (χ1) is 13.4. The number of alkyl halides is 4. The van der Waals surface area contributed by atoms with Crippen LogP contribution in [0.25, 0.3) is 5.57 Å². The Bertz CT molecular complexity index is 916. The van der Waals surface area contributed by atoms with Crippen LogP contribution in [0, 0.1) is 0 Å². The summed E-state index contributed by atoms with van der Waals surface area (Å²) in [6, 6.07) is 8.92. The number of ether oxygens (including phenoxy) is 2. The summed E-state index contributed by atoms with van der Waals surface area (Å²) in [6.07, 6.45) is -1.49. The Hall–Kier alpha value is -3.23. The molecule has 9 heteroatoms. The zero-order valence-electron chi connectivity index (χ0n) is 14.4. The number of carbonyl (C=O) groups excluding carboxylic acids is 1. The predicted molar refractivity (Wildman–Crippen MR) is 95.6 cm³/mol. The maximum Gasteiger partial charge on any atom is 0.387 e. The van der Waals surface area contributed by atoms with E-state index in [0.717, 1.165) is 6.07 Å². The van der Waals surface area contributed by atoms with E-state index in [1.165, 1.54) is 12.1 Å². The molecule has 2 aromatic rings. The van der Waals surface area contributed by atoms with Crippen LogP contribution in [0.2, 0.25) is 0 Å². The molecule has 5 nitrogen and oxygen atoms in total. The van der Waals surface area contributed by atoms with Gasteiger partial charge >= 0.3 is 6.61 Å². The Morgan fingerprint density at radius 3 is 2.61 bits per heavy atom. The summed E-state index contributed by atoms with van der Waals surface area (Å²) in [4.78, 5) is 12.3. The van der Waals surface area contributed by atoms with Gasteiger partial charge in [-0.05, 0) is 23.8 Å². The number of rotatable bonds is 5. The van der Waals surface area contributed by atoms with Crippen molar-refractivity contribution in [1.82, 2.24) is 0 Å². The average Bonchev–Trinajstić information content (AvgIpc) is 2.63. The molecule has 0 bridgehead atoms. The highest BCUT2D eigenvalue weighted by Crippen LogP contribution is 2.45. The summed E-state index contributed by atoms with van der Waals surface area (Å²) in [5.74, 6) is -1.46. The van der Waals surface area contributed by atoms with Crippen LogP contribution < -0.4 is 20.5 Å². The minimum Gasteiger partial charge on any atom is -0.489 e. The van der Waals surface area contributed by atoms with E-state index >= 15 is 0 Å².